The number of amides is 5. The summed E-state index contributed by atoms with van der Waals surface area (Å²) in [5, 5.41) is 21.6. The van der Waals surface area contributed by atoms with Crippen molar-refractivity contribution in [2.45, 2.75) is 78.6 Å². The molecule has 1 aromatic heterocycles. The van der Waals surface area contributed by atoms with E-state index < -0.39 is 46.4 Å². The van der Waals surface area contributed by atoms with Gasteiger partial charge in [-0.25, -0.2) is 18.8 Å². The highest BCUT2D eigenvalue weighted by Gasteiger charge is 2.59. The number of carboxylic acids is 1. The van der Waals surface area contributed by atoms with Crippen molar-refractivity contribution < 1.29 is 38.2 Å². The van der Waals surface area contributed by atoms with Crippen LogP contribution in [0.25, 0.3) is 10.9 Å². The van der Waals surface area contributed by atoms with Crippen LogP contribution < -0.4 is 37.3 Å². The van der Waals surface area contributed by atoms with E-state index in [4.69, 9.17) is 10.5 Å². The highest BCUT2D eigenvalue weighted by atomic mass is 19.1. The fourth-order valence-corrected chi connectivity index (χ4v) is 8.66. The van der Waals surface area contributed by atoms with Gasteiger partial charge in [0.1, 0.15) is 23.4 Å². The number of benzene rings is 3. The van der Waals surface area contributed by atoms with Gasteiger partial charge < -0.3 is 51.2 Å². The van der Waals surface area contributed by atoms with Gasteiger partial charge in [-0.3, -0.25) is 14.4 Å². The zero-order valence-electron chi connectivity index (χ0n) is 36.2. The van der Waals surface area contributed by atoms with E-state index in [-0.39, 0.29) is 54.0 Å². The van der Waals surface area contributed by atoms with Crippen LogP contribution in [-0.4, -0.2) is 89.8 Å². The maximum atomic E-state index is 15.4. The third-order valence-electron chi connectivity index (χ3n) is 11.9. The van der Waals surface area contributed by atoms with E-state index in [2.05, 4.69) is 21.3 Å². The zero-order chi connectivity index (χ0) is 45.5. The Balaban J connectivity index is 1.02. The summed E-state index contributed by atoms with van der Waals surface area (Å²) >= 11 is 0. The first-order valence-corrected chi connectivity index (χ1v) is 21.3. The molecule has 2 aliphatic rings. The van der Waals surface area contributed by atoms with Crippen molar-refractivity contribution in [1.82, 2.24) is 25.4 Å². The molecule has 1 saturated carbocycles. The number of primary amides is 1. The van der Waals surface area contributed by atoms with Crippen molar-refractivity contribution in [3.05, 3.63) is 106 Å². The molecule has 63 heavy (non-hydrogen) atoms. The Hall–Kier alpha value is -6.65. The number of hydrogen-bond acceptors (Lipinski definition) is 9. The van der Waals surface area contributed by atoms with Gasteiger partial charge in [0.15, 0.2) is 0 Å². The monoisotopic (exact) mass is 868 g/mol. The Labute approximate surface area is 365 Å². The van der Waals surface area contributed by atoms with Crippen molar-refractivity contribution in [3.63, 3.8) is 0 Å². The molecule has 2 heterocycles. The van der Waals surface area contributed by atoms with Gasteiger partial charge in [-0.05, 0) is 80.3 Å². The second-order valence-electron chi connectivity index (χ2n) is 17.2. The Morgan fingerprint density at radius 3 is 2.22 bits per heavy atom. The van der Waals surface area contributed by atoms with Crippen LogP contribution >= 0.6 is 0 Å². The van der Waals surface area contributed by atoms with Crippen LogP contribution in [0, 0.1) is 16.6 Å². The van der Waals surface area contributed by atoms with E-state index in [1.54, 1.807) is 27.4 Å². The number of ether oxygens (including phenoxy) is 1. The van der Waals surface area contributed by atoms with Crippen LogP contribution in [0.5, 0.6) is 0 Å². The summed E-state index contributed by atoms with van der Waals surface area (Å²) in [6.45, 7) is 9.98. The molecule has 2 fully saturated rings. The number of carboxylic acid groups (broad SMARTS) is 1. The standard InChI is InChI=1S/C46H57FN8O8/c1-5-53-25-35(40(57)58)39(56)34-22-36(47)38(23-37(34)53)54-18-20-55(21-19-54)44(62)63-26-30-13-15-32(16-14-30)50-24-33(12-9-17-49-43(48)61)52-42(60)46(27-45(3,4)28-46)41(59)51-29(2)31-10-7-6-8-11-31/h6-8,10-11,13-16,22-23,25,29,33,50H,5,9,12,17-21,24,26-28H2,1-4H3,(H,51,59)(H,52,60)(H,57,58)(H3,48,49,61)/t29-,33+/m1/s1. The van der Waals surface area contributed by atoms with E-state index in [9.17, 15) is 33.9 Å². The molecule has 2 atom stereocenters. The molecule has 0 radical (unpaired) electrons. The fourth-order valence-electron chi connectivity index (χ4n) is 8.66. The molecule has 16 nitrogen and oxygen atoms in total. The Morgan fingerprint density at radius 2 is 1.60 bits per heavy atom. The second kappa shape index (κ2) is 19.6. The summed E-state index contributed by atoms with van der Waals surface area (Å²) in [4.78, 5) is 79.9. The Kier molecular flexibility index (Phi) is 14.3. The molecule has 1 saturated heterocycles. The smallest absolute Gasteiger partial charge is 0.410 e. The number of pyridine rings is 1. The number of nitrogens with one attached hydrogen (secondary N) is 4. The Morgan fingerprint density at radius 1 is 0.937 bits per heavy atom. The van der Waals surface area contributed by atoms with Crippen LogP contribution in [0.1, 0.15) is 80.9 Å². The summed E-state index contributed by atoms with van der Waals surface area (Å²) in [5.74, 6) is -2.68. The molecule has 1 aliphatic carbocycles. The van der Waals surface area contributed by atoms with Crippen molar-refractivity contribution in [1.29, 1.82) is 0 Å². The summed E-state index contributed by atoms with van der Waals surface area (Å²) in [5.41, 5.74) is 5.79. The molecule has 6 rings (SSSR count). The second-order valence-corrected chi connectivity index (χ2v) is 17.2. The quantitative estimate of drug-likeness (QED) is 0.0591. The number of piperazine rings is 1. The van der Waals surface area contributed by atoms with Crippen LogP contribution in [0.15, 0.2) is 77.7 Å². The molecule has 7 N–H and O–H groups in total. The molecular weight excluding hydrogens is 812 g/mol. The highest BCUT2D eigenvalue weighted by molar-refractivity contribution is 6.06. The SMILES string of the molecule is CCn1cc(C(=O)O)c(=O)c2cc(F)c(N3CCN(C(=O)OCc4ccc(NC[C@H](CCCNC(N)=O)NC(=O)C5(C(=O)N[C@H](C)c6ccccc6)CC(C)(C)C5)cc4)CC3)cc21. The third-order valence-corrected chi connectivity index (χ3v) is 11.9. The van der Waals surface area contributed by atoms with Crippen LogP contribution in [0.2, 0.25) is 0 Å². The lowest BCUT2D eigenvalue weighted by molar-refractivity contribution is -0.159. The minimum atomic E-state index is -1.38. The predicted molar refractivity (Wildman–Crippen MR) is 237 cm³/mol. The average Bonchev–Trinajstić information content (AvgIpc) is 3.25. The molecule has 0 unspecified atom stereocenters. The van der Waals surface area contributed by atoms with E-state index in [1.807, 2.05) is 75.4 Å². The number of aryl methyl sites for hydroxylation is 1. The average molecular weight is 869 g/mol. The normalized spacial score (nSPS) is 16.3. The van der Waals surface area contributed by atoms with E-state index >= 15 is 4.39 Å². The number of halogens is 1. The number of nitrogens with two attached hydrogens (primary N) is 1. The number of nitrogens with zero attached hydrogens (tertiary/aromatic N) is 3. The van der Waals surface area contributed by atoms with Gasteiger partial charge in [-0.15, -0.1) is 0 Å². The highest BCUT2D eigenvalue weighted by Crippen LogP contribution is 2.54. The number of urea groups is 1. The number of carbonyl (C=O) groups excluding carboxylic acids is 4. The lowest BCUT2D eigenvalue weighted by Crippen LogP contribution is -2.62. The van der Waals surface area contributed by atoms with Crippen LogP contribution in [0.3, 0.4) is 0 Å². The lowest BCUT2D eigenvalue weighted by Gasteiger charge is -2.51. The van der Waals surface area contributed by atoms with E-state index in [1.165, 1.54) is 6.20 Å². The number of hydrogen-bond donors (Lipinski definition) is 6. The van der Waals surface area contributed by atoms with Gasteiger partial charge in [0.25, 0.3) is 0 Å². The molecule has 3 aromatic carbocycles. The summed E-state index contributed by atoms with van der Waals surface area (Å²) < 4.78 is 22.6. The Bertz CT molecular complexity index is 2370. The van der Waals surface area contributed by atoms with Crippen molar-refractivity contribution in [2.24, 2.45) is 16.6 Å². The van der Waals surface area contributed by atoms with Gasteiger partial charge in [0.2, 0.25) is 17.2 Å². The lowest BCUT2D eigenvalue weighted by atomic mass is 9.53. The van der Waals surface area contributed by atoms with Gasteiger partial charge in [-0.2, -0.15) is 0 Å². The van der Waals surface area contributed by atoms with Crippen molar-refractivity contribution in [2.75, 3.05) is 49.5 Å². The number of carbonyl (C=O) groups is 5. The number of fused-ring (bicyclic) bond motifs is 1. The molecule has 5 amide bonds. The van der Waals surface area contributed by atoms with Crippen LogP contribution in [0.4, 0.5) is 25.4 Å². The van der Waals surface area contributed by atoms with Gasteiger partial charge in [0, 0.05) is 69.1 Å². The minimum absolute atomic E-state index is 0.0122. The van der Waals surface area contributed by atoms with Crippen molar-refractivity contribution in [3.8, 4) is 0 Å². The van der Waals surface area contributed by atoms with Crippen LogP contribution in [-0.2, 0) is 27.5 Å². The van der Waals surface area contributed by atoms with Gasteiger partial charge in [-0.1, -0.05) is 56.3 Å². The first kappa shape index (κ1) is 45.9. The van der Waals surface area contributed by atoms with E-state index in [0.29, 0.717) is 63.9 Å². The first-order chi connectivity index (χ1) is 30.0. The maximum absolute atomic E-state index is 15.4. The molecule has 0 spiro atoms. The number of aromatic nitrogens is 1. The minimum Gasteiger partial charge on any atom is -0.477 e. The fraction of sp³-hybridized carbons (Fsp3) is 0.435. The number of anilines is 2. The zero-order valence-corrected chi connectivity index (χ0v) is 36.2. The maximum Gasteiger partial charge on any atom is 0.410 e. The number of rotatable bonds is 17. The summed E-state index contributed by atoms with van der Waals surface area (Å²) in [6.07, 6.45) is 2.59. The summed E-state index contributed by atoms with van der Waals surface area (Å²) in [7, 11) is 0. The van der Waals surface area contributed by atoms with Gasteiger partial charge >= 0.3 is 18.1 Å². The molecular formula is C46H57FN8O8. The number of aromatic carboxylic acids is 1. The van der Waals surface area contributed by atoms with Gasteiger partial charge in [0.05, 0.1) is 17.2 Å². The topological polar surface area (TPSA) is 217 Å². The molecule has 4 aromatic rings. The third kappa shape index (κ3) is 10.9. The molecule has 1 aliphatic heterocycles. The molecule has 336 valence electrons. The van der Waals surface area contributed by atoms with E-state index in [0.717, 1.165) is 22.9 Å². The molecule has 17 heteroatoms. The first-order valence-electron chi connectivity index (χ1n) is 21.3. The molecule has 0 bridgehead atoms. The largest absolute Gasteiger partial charge is 0.477 e. The van der Waals surface area contributed by atoms with Crippen molar-refractivity contribution >= 4 is 52.2 Å². The summed E-state index contributed by atoms with van der Waals surface area (Å²) in [6, 6.07) is 18.2. The predicted octanol–water partition coefficient (Wildman–Crippen LogP) is 5.35.